The van der Waals surface area contributed by atoms with Crippen LogP contribution in [-0.2, 0) is 13.5 Å². The van der Waals surface area contributed by atoms with Crippen molar-refractivity contribution < 1.29 is 4.74 Å². The summed E-state index contributed by atoms with van der Waals surface area (Å²) in [5.41, 5.74) is 10.1. The smallest absolute Gasteiger partial charge is 0.120 e. The Morgan fingerprint density at radius 1 is 1.44 bits per heavy atom. The number of nitrogens with zero attached hydrogens (tertiary/aromatic N) is 1. The molecule has 1 aliphatic carbocycles. The number of benzene rings is 1. The molecule has 0 fully saturated rings. The number of ether oxygens (including phenoxy) is 1. The highest BCUT2D eigenvalue weighted by Crippen LogP contribution is 2.39. The van der Waals surface area contributed by atoms with Crippen molar-refractivity contribution in [2.24, 2.45) is 12.8 Å². The molecule has 0 spiro atoms. The van der Waals surface area contributed by atoms with E-state index in [0.717, 1.165) is 12.3 Å². The van der Waals surface area contributed by atoms with E-state index in [1.807, 2.05) is 6.07 Å². The third-order valence-electron chi connectivity index (χ3n) is 4.23. The average molecular weight is 244 g/mol. The SMILES string of the molecule is COc1ccc2c3c(n(C)c2c1)CCCC3CN. The first-order valence-corrected chi connectivity index (χ1v) is 6.61. The summed E-state index contributed by atoms with van der Waals surface area (Å²) < 4.78 is 7.64. The molecule has 3 nitrogen and oxygen atoms in total. The third kappa shape index (κ3) is 1.54. The van der Waals surface area contributed by atoms with Gasteiger partial charge in [-0.15, -0.1) is 0 Å². The number of rotatable bonds is 2. The van der Waals surface area contributed by atoms with Crippen molar-refractivity contribution in [1.29, 1.82) is 0 Å². The minimum absolute atomic E-state index is 0.519. The van der Waals surface area contributed by atoms with Crippen LogP contribution in [0, 0.1) is 0 Å². The van der Waals surface area contributed by atoms with E-state index in [9.17, 15) is 0 Å². The van der Waals surface area contributed by atoms with Gasteiger partial charge in [-0.1, -0.05) is 0 Å². The van der Waals surface area contributed by atoms with Gasteiger partial charge in [0.2, 0.25) is 0 Å². The van der Waals surface area contributed by atoms with Gasteiger partial charge < -0.3 is 15.0 Å². The van der Waals surface area contributed by atoms with Crippen LogP contribution < -0.4 is 10.5 Å². The van der Waals surface area contributed by atoms with Crippen molar-refractivity contribution in [3.8, 4) is 5.75 Å². The van der Waals surface area contributed by atoms with Crippen molar-refractivity contribution in [2.75, 3.05) is 13.7 Å². The van der Waals surface area contributed by atoms with Crippen molar-refractivity contribution in [3.63, 3.8) is 0 Å². The zero-order chi connectivity index (χ0) is 12.7. The molecule has 1 aromatic heterocycles. The Bertz CT molecular complexity index is 586. The van der Waals surface area contributed by atoms with Gasteiger partial charge in [0.05, 0.1) is 12.6 Å². The van der Waals surface area contributed by atoms with E-state index in [0.29, 0.717) is 5.92 Å². The molecule has 1 atom stereocenters. The molecule has 0 amide bonds. The summed E-state index contributed by atoms with van der Waals surface area (Å²) in [5, 5.41) is 1.35. The van der Waals surface area contributed by atoms with Gasteiger partial charge in [0.1, 0.15) is 5.75 Å². The average Bonchev–Trinajstić information content (AvgIpc) is 2.72. The quantitative estimate of drug-likeness (QED) is 0.882. The number of hydrogen-bond donors (Lipinski definition) is 1. The lowest BCUT2D eigenvalue weighted by Gasteiger charge is -2.22. The molecule has 0 saturated heterocycles. The topological polar surface area (TPSA) is 40.2 Å². The summed E-state index contributed by atoms with van der Waals surface area (Å²) in [6, 6.07) is 6.35. The van der Waals surface area contributed by atoms with Crippen molar-refractivity contribution in [2.45, 2.75) is 25.2 Å². The molecule has 0 saturated carbocycles. The molecule has 96 valence electrons. The van der Waals surface area contributed by atoms with E-state index in [1.54, 1.807) is 7.11 Å². The molecule has 2 N–H and O–H groups in total. The number of methoxy groups -OCH3 is 1. The van der Waals surface area contributed by atoms with Crippen LogP contribution in [0.4, 0.5) is 0 Å². The van der Waals surface area contributed by atoms with E-state index in [2.05, 4.69) is 23.7 Å². The van der Waals surface area contributed by atoms with E-state index >= 15 is 0 Å². The predicted octanol–water partition coefficient (Wildman–Crippen LogP) is 2.57. The van der Waals surface area contributed by atoms with E-state index in [1.165, 1.54) is 41.4 Å². The van der Waals surface area contributed by atoms with Gasteiger partial charge in [0, 0.05) is 24.2 Å². The summed E-state index contributed by atoms with van der Waals surface area (Å²) in [4.78, 5) is 0. The number of nitrogens with two attached hydrogens (primary N) is 1. The highest BCUT2D eigenvalue weighted by molar-refractivity contribution is 5.87. The Labute approximate surface area is 108 Å². The van der Waals surface area contributed by atoms with E-state index in [4.69, 9.17) is 10.5 Å². The van der Waals surface area contributed by atoms with Gasteiger partial charge in [-0.2, -0.15) is 0 Å². The maximum atomic E-state index is 5.94. The fraction of sp³-hybridized carbons (Fsp3) is 0.467. The van der Waals surface area contributed by atoms with E-state index in [-0.39, 0.29) is 0 Å². The molecule has 0 radical (unpaired) electrons. The Morgan fingerprint density at radius 3 is 3.00 bits per heavy atom. The van der Waals surface area contributed by atoms with Gasteiger partial charge in [-0.05, 0) is 49.4 Å². The zero-order valence-electron chi connectivity index (χ0n) is 11.1. The first-order valence-electron chi connectivity index (χ1n) is 6.61. The molecule has 1 heterocycles. The number of fused-ring (bicyclic) bond motifs is 3. The maximum Gasteiger partial charge on any atom is 0.120 e. The van der Waals surface area contributed by atoms with Crippen LogP contribution in [-0.4, -0.2) is 18.2 Å². The molecule has 1 unspecified atom stereocenters. The van der Waals surface area contributed by atoms with Crippen LogP contribution in [0.3, 0.4) is 0 Å². The van der Waals surface area contributed by atoms with Gasteiger partial charge in [-0.25, -0.2) is 0 Å². The van der Waals surface area contributed by atoms with Crippen molar-refractivity contribution in [1.82, 2.24) is 4.57 Å². The molecule has 2 aromatic rings. The van der Waals surface area contributed by atoms with E-state index < -0.39 is 0 Å². The van der Waals surface area contributed by atoms with Gasteiger partial charge in [0.15, 0.2) is 0 Å². The van der Waals surface area contributed by atoms with Crippen LogP contribution in [0.1, 0.15) is 30.0 Å². The lowest BCUT2D eigenvalue weighted by atomic mass is 9.85. The summed E-state index contributed by atoms with van der Waals surface area (Å²) in [6.07, 6.45) is 3.63. The van der Waals surface area contributed by atoms with Gasteiger partial charge >= 0.3 is 0 Å². The summed E-state index contributed by atoms with van der Waals surface area (Å²) in [7, 11) is 3.87. The molecule has 1 aliphatic rings. The molecule has 3 rings (SSSR count). The second-order valence-electron chi connectivity index (χ2n) is 5.13. The largest absolute Gasteiger partial charge is 0.497 e. The zero-order valence-corrected chi connectivity index (χ0v) is 11.1. The molecule has 1 aromatic carbocycles. The Hall–Kier alpha value is -1.48. The fourth-order valence-electron chi connectivity index (χ4n) is 3.28. The Morgan fingerprint density at radius 2 is 2.28 bits per heavy atom. The molecular formula is C15H20N2O. The minimum atomic E-state index is 0.519. The molecule has 0 aliphatic heterocycles. The normalized spacial score (nSPS) is 18.9. The first kappa shape index (κ1) is 11.6. The van der Waals surface area contributed by atoms with Gasteiger partial charge in [-0.3, -0.25) is 0 Å². The highest BCUT2D eigenvalue weighted by Gasteiger charge is 2.25. The second kappa shape index (κ2) is 4.32. The third-order valence-corrected chi connectivity index (χ3v) is 4.23. The Balaban J connectivity index is 2.28. The van der Waals surface area contributed by atoms with Crippen LogP contribution in [0.2, 0.25) is 0 Å². The molecule has 18 heavy (non-hydrogen) atoms. The van der Waals surface area contributed by atoms with Gasteiger partial charge in [0.25, 0.3) is 0 Å². The lowest BCUT2D eigenvalue weighted by molar-refractivity contribution is 0.415. The highest BCUT2D eigenvalue weighted by atomic mass is 16.5. The molecule has 3 heteroatoms. The number of hydrogen-bond acceptors (Lipinski definition) is 2. The van der Waals surface area contributed by atoms with Crippen LogP contribution in [0.25, 0.3) is 10.9 Å². The lowest BCUT2D eigenvalue weighted by Crippen LogP contribution is -2.18. The summed E-state index contributed by atoms with van der Waals surface area (Å²) in [5.74, 6) is 1.44. The van der Waals surface area contributed by atoms with Crippen LogP contribution >= 0.6 is 0 Å². The molecule has 0 bridgehead atoms. The fourth-order valence-corrected chi connectivity index (χ4v) is 3.28. The predicted molar refractivity (Wildman–Crippen MR) is 74.2 cm³/mol. The number of aromatic nitrogens is 1. The first-order chi connectivity index (χ1) is 8.76. The second-order valence-corrected chi connectivity index (χ2v) is 5.13. The standard InChI is InChI=1S/C15H20N2O/c1-17-13-5-3-4-10(9-16)15(13)12-7-6-11(18-2)8-14(12)17/h6-8,10H,3-5,9,16H2,1-2H3. The van der Waals surface area contributed by atoms with Crippen molar-refractivity contribution in [3.05, 3.63) is 29.5 Å². The minimum Gasteiger partial charge on any atom is -0.497 e. The molecular weight excluding hydrogens is 224 g/mol. The Kier molecular flexibility index (Phi) is 2.78. The monoisotopic (exact) mass is 244 g/mol. The number of aryl methyl sites for hydroxylation is 1. The maximum absolute atomic E-state index is 5.94. The van der Waals surface area contributed by atoms with Crippen LogP contribution in [0.15, 0.2) is 18.2 Å². The summed E-state index contributed by atoms with van der Waals surface area (Å²) in [6.45, 7) is 0.748. The summed E-state index contributed by atoms with van der Waals surface area (Å²) >= 11 is 0. The van der Waals surface area contributed by atoms with Crippen molar-refractivity contribution >= 4 is 10.9 Å². The van der Waals surface area contributed by atoms with Crippen LogP contribution in [0.5, 0.6) is 5.75 Å².